The van der Waals surface area contributed by atoms with Crippen molar-refractivity contribution in [3.8, 4) is 11.1 Å². The summed E-state index contributed by atoms with van der Waals surface area (Å²) in [5.41, 5.74) is 4.57. The summed E-state index contributed by atoms with van der Waals surface area (Å²) in [5.74, 6) is -1.33. The summed E-state index contributed by atoms with van der Waals surface area (Å²) < 4.78 is 5.73. The van der Waals surface area contributed by atoms with E-state index < -0.39 is 23.5 Å². The molecule has 0 aromatic heterocycles. The molecular weight excluding hydrogens is 506 g/mol. The lowest BCUT2D eigenvalue weighted by Crippen LogP contribution is -2.53. The van der Waals surface area contributed by atoms with Gasteiger partial charge in [-0.25, -0.2) is 4.79 Å². The molecule has 0 bridgehead atoms. The standard InChI is InChI=1S/C32H35N3O5/c1-32(30(37)38)16-17-35(21-32)29(36)28(19-34(2)18-22-10-4-3-5-11-22)33-31(39)40-20-27-25-14-8-6-12-23(25)24-13-7-9-15-26(24)27/h3-15,27-28H,16-21H2,1-2H3,(H,33,39)(H,37,38). The van der Waals surface area contributed by atoms with Gasteiger partial charge in [0.15, 0.2) is 0 Å². The molecule has 1 aliphatic heterocycles. The summed E-state index contributed by atoms with van der Waals surface area (Å²) >= 11 is 0. The Morgan fingerprint density at radius 1 is 1.00 bits per heavy atom. The minimum absolute atomic E-state index is 0.0945. The fraction of sp³-hybridized carbons (Fsp3) is 0.344. The van der Waals surface area contributed by atoms with E-state index in [2.05, 4.69) is 29.6 Å². The van der Waals surface area contributed by atoms with Gasteiger partial charge in [0.1, 0.15) is 12.6 Å². The van der Waals surface area contributed by atoms with Crippen LogP contribution in [0, 0.1) is 5.41 Å². The molecule has 40 heavy (non-hydrogen) atoms. The number of hydrogen-bond acceptors (Lipinski definition) is 5. The number of fused-ring (bicyclic) bond motifs is 3. The van der Waals surface area contributed by atoms with Crippen molar-refractivity contribution < 1.29 is 24.2 Å². The molecule has 0 saturated carbocycles. The van der Waals surface area contributed by atoms with Gasteiger partial charge in [-0.1, -0.05) is 78.9 Å². The fourth-order valence-corrected chi connectivity index (χ4v) is 5.78. The maximum Gasteiger partial charge on any atom is 0.407 e. The fourth-order valence-electron chi connectivity index (χ4n) is 5.78. The van der Waals surface area contributed by atoms with Crippen molar-refractivity contribution in [2.24, 2.45) is 5.41 Å². The van der Waals surface area contributed by atoms with Gasteiger partial charge >= 0.3 is 12.1 Å². The predicted octanol–water partition coefficient (Wildman–Crippen LogP) is 4.35. The summed E-state index contributed by atoms with van der Waals surface area (Å²) in [5, 5.41) is 12.4. The largest absolute Gasteiger partial charge is 0.481 e. The van der Waals surface area contributed by atoms with Gasteiger partial charge in [-0.2, -0.15) is 0 Å². The highest BCUT2D eigenvalue weighted by Gasteiger charge is 2.44. The SMILES string of the molecule is CN(Cc1ccccc1)CC(NC(=O)OCC1c2ccccc2-c2ccccc21)C(=O)N1CCC(C)(C(=O)O)C1. The van der Waals surface area contributed by atoms with E-state index in [1.807, 2.05) is 66.5 Å². The molecule has 3 aromatic carbocycles. The van der Waals surface area contributed by atoms with Crippen LogP contribution in [0.3, 0.4) is 0 Å². The molecule has 2 unspecified atom stereocenters. The van der Waals surface area contributed by atoms with Gasteiger partial charge in [0.25, 0.3) is 0 Å². The first-order chi connectivity index (χ1) is 19.2. The minimum atomic E-state index is -1.00. The van der Waals surface area contributed by atoms with Crippen molar-refractivity contribution >= 4 is 18.0 Å². The molecule has 208 valence electrons. The van der Waals surface area contributed by atoms with Crippen LogP contribution in [0.15, 0.2) is 78.9 Å². The zero-order valence-electron chi connectivity index (χ0n) is 22.9. The molecule has 2 atom stereocenters. The summed E-state index contributed by atoms with van der Waals surface area (Å²) in [6.07, 6.45) is -0.306. The summed E-state index contributed by atoms with van der Waals surface area (Å²) in [6, 6.07) is 25.2. The first-order valence-corrected chi connectivity index (χ1v) is 13.6. The van der Waals surface area contributed by atoms with Crippen molar-refractivity contribution in [3.05, 3.63) is 95.6 Å². The minimum Gasteiger partial charge on any atom is -0.481 e. The van der Waals surface area contributed by atoms with Crippen molar-refractivity contribution in [2.45, 2.75) is 31.8 Å². The number of ether oxygens (including phenoxy) is 1. The molecule has 2 amide bonds. The molecule has 8 heteroatoms. The first kappa shape index (κ1) is 27.4. The molecule has 0 spiro atoms. The zero-order valence-corrected chi connectivity index (χ0v) is 22.9. The van der Waals surface area contributed by atoms with Crippen molar-refractivity contribution in [3.63, 3.8) is 0 Å². The number of benzene rings is 3. The lowest BCUT2D eigenvalue weighted by molar-refractivity contribution is -0.147. The Labute approximate surface area is 234 Å². The lowest BCUT2D eigenvalue weighted by Gasteiger charge is -2.28. The number of amides is 2. The van der Waals surface area contributed by atoms with Gasteiger partial charge in [0, 0.05) is 32.1 Å². The van der Waals surface area contributed by atoms with Gasteiger partial charge in [-0.05, 0) is 48.2 Å². The van der Waals surface area contributed by atoms with Gasteiger partial charge in [-0.15, -0.1) is 0 Å². The van der Waals surface area contributed by atoms with E-state index in [1.54, 1.807) is 11.8 Å². The average Bonchev–Trinajstić information content (AvgIpc) is 3.51. The van der Waals surface area contributed by atoms with E-state index in [9.17, 15) is 19.5 Å². The monoisotopic (exact) mass is 541 g/mol. The maximum atomic E-state index is 13.6. The van der Waals surface area contributed by atoms with E-state index in [1.165, 1.54) is 0 Å². The van der Waals surface area contributed by atoms with Crippen LogP contribution in [-0.4, -0.2) is 72.2 Å². The smallest absolute Gasteiger partial charge is 0.407 e. The third kappa shape index (κ3) is 5.72. The van der Waals surface area contributed by atoms with Crippen LogP contribution < -0.4 is 5.32 Å². The number of carboxylic acid groups (broad SMARTS) is 1. The number of nitrogens with zero attached hydrogens (tertiary/aromatic N) is 2. The average molecular weight is 542 g/mol. The molecule has 5 rings (SSSR count). The van der Waals surface area contributed by atoms with Crippen LogP contribution in [0.2, 0.25) is 0 Å². The van der Waals surface area contributed by atoms with Crippen molar-refractivity contribution in [1.29, 1.82) is 0 Å². The normalized spacial score (nSPS) is 18.7. The van der Waals surface area contributed by atoms with Gasteiger partial charge in [-0.3, -0.25) is 14.5 Å². The molecule has 2 N–H and O–H groups in total. The highest BCUT2D eigenvalue weighted by atomic mass is 16.5. The van der Waals surface area contributed by atoms with E-state index in [-0.39, 0.29) is 31.5 Å². The van der Waals surface area contributed by atoms with E-state index in [0.29, 0.717) is 19.5 Å². The number of carbonyl (C=O) groups excluding carboxylic acids is 2. The van der Waals surface area contributed by atoms with Crippen LogP contribution >= 0.6 is 0 Å². The van der Waals surface area contributed by atoms with Crippen LogP contribution in [0.1, 0.15) is 36.0 Å². The molecule has 8 nitrogen and oxygen atoms in total. The summed E-state index contributed by atoms with van der Waals surface area (Å²) in [6.45, 7) is 3.06. The molecule has 2 aliphatic rings. The van der Waals surface area contributed by atoms with Crippen LogP contribution in [0.25, 0.3) is 11.1 Å². The van der Waals surface area contributed by atoms with E-state index in [0.717, 1.165) is 27.8 Å². The topological polar surface area (TPSA) is 99.2 Å². The van der Waals surface area contributed by atoms with E-state index >= 15 is 0 Å². The summed E-state index contributed by atoms with van der Waals surface area (Å²) in [7, 11) is 1.89. The Morgan fingerprint density at radius 2 is 1.60 bits per heavy atom. The Morgan fingerprint density at radius 3 is 2.20 bits per heavy atom. The van der Waals surface area contributed by atoms with Gasteiger partial charge in [0.2, 0.25) is 5.91 Å². The molecule has 1 aliphatic carbocycles. The quantitative estimate of drug-likeness (QED) is 0.418. The number of rotatable bonds is 9. The van der Waals surface area contributed by atoms with E-state index in [4.69, 9.17) is 4.74 Å². The molecule has 3 aromatic rings. The third-order valence-electron chi connectivity index (χ3n) is 8.02. The second-order valence-electron chi connectivity index (χ2n) is 11.1. The second-order valence-corrected chi connectivity index (χ2v) is 11.1. The number of aliphatic carboxylic acids is 1. The zero-order chi connectivity index (χ0) is 28.3. The lowest BCUT2D eigenvalue weighted by atomic mass is 9.90. The molecule has 1 fully saturated rings. The number of carbonyl (C=O) groups is 3. The number of alkyl carbamates (subject to hydrolysis) is 1. The Kier molecular flexibility index (Phi) is 7.89. The Hall–Kier alpha value is -4.17. The first-order valence-electron chi connectivity index (χ1n) is 13.6. The number of nitrogens with one attached hydrogen (secondary N) is 1. The van der Waals surface area contributed by atoms with Crippen LogP contribution in [-0.2, 0) is 20.9 Å². The van der Waals surface area contributed by atoms with Gasteiger partial charge in [0.05, 0.1) is 5.41 Å². The van der Waals surface area contributed by atoms with Crippen molar-refractivity contribution in [2.75, 3.05) is 33.3 Å². The molecule has 1 saturated heterocycles. The number of carboxylic acids is 1. The predicted molar refractivity (Wildman–Crippen MR) is 152 cm³/mol. The number of hydrogen-bond donors (Lipinski definition) is 2. The third-order valence-corrected chi connectivity index (χ3v) is 8.02. The number of likely N-dealkylation sites (N-methyl/N-ethyl adjacent to an activating group) is 1. The van der Waals surface area contributed by atoms with Crippen LogP contribution in [0.4, 0.5) is 4.79 Å². The number of likely N-dealkylation sites (tertiary alicyclic amines) is 1. The Balaban J connectivity index is 1.28. The highest BCUT2D eigenvalue weighted by molar-refractivity contribution is 5.87. The summed E-state index contributed by atoms with van der Waals surface area (Å²) in [4.78, 5) is 42.0. The molecule has 1 heterocycles. The van der Waals surface area contributed by atoms with Gasteiger partial charge < -0.3 is 20.1 Å². The van der Waals surface area contributed by atoms with Crippen LogP contribution in [0.5, 0.6) is 0 Å². The Bertz CT molecular complexity index is 1350. The maximum absolute atomic E-state index is 13.6. The molecule has 0 radical (unpaired) electrons. The van der Waals surface area contributed by atoms with Crippen molar-refractivity contribution in [1.82, 2.24) is 15.1 Å². The molecular formula is C32H35N3O5. The second kappa shape index (κ2) is 11.5. The highest BCUT2D eigenvalue weighted by Crippen LogP contribution is 2.44.